The highest BCUT2D eigenvalue weighted by Gasteiger charge is 2.18. The summed E-state index contributed by atoms with van der Waals surface area (Å²) in [6.45, 7) is 1.93. The summed E-state index contributed by atoms with van der Waals surface area (Å²) in [5, 5.41) is 2.72. The van der Waals surface area contributed by atoms with Gasteiger partial charge in [0.15, 0.2) is 6.10 Å². The van der Waals surface area contributed by atoms with Gasteiger partial charge in [0.25, 0.3) is 5.91 Å². The molecule has 0 unspecified atom stereocenters. The number of carbonyl (C=O) groups excluding carboxylic acids is 2. The third kappa shape index (κ3) is 4.42. The van der Waals surface area contributed by atoms with Gasteiger partial charge in [-0.05, 0) is 24.6 Å². The zero-order chi connectivity index (χ0) is 15.1. The zero-order valence-corrected chi connectivity index (χ0v) is 11.7. The fourth-order valence-corrected chi connectivity index (χ4v) is 1.69. The largest absolute Gasteiger partial charge is 0.449 e. The Morgan fingerprint density at radius 3 is 2.62 bits per heavy atom. The topological polar surface area (TPSA) is 68.3 Å². The average Bonchev–Trinajstić information content (AvgIpc) is 2.54. The molecule has 1 N–H and O–H groups in total. The molecule has 0 aliphatic heterocycles. The number of ether oxygens (including phenoxy) is 1. The van der Waals surface area contributed by atoms with Crippen molar-refractivity contribution in [2.24, 2.45) is 0 Å². The maximum atomic E-state index is 11.9. The van der Waals surface area contributed by atoms with Gasteiger partial charge in [0.1, 0.15) is 0 Å². The van der Waals surface area contributed by atoms with Crippen molar-refractivity contribution >= 4 is 11.9 Å². The second-order valence-corrected chi connectivity index (χ2v) is 4.49. The quantitative estimate of drug-likeness (QED) is 0.852. The first kappa shape index (κ1) is 14.7. The first-order valence-corrected chi connectivity index (χ1v) is 6.59. The average molecular weight is 284 g/mol. The summed E-state index contributed by atoms with van der Waals surface area (Å²) in [5.41, 5.74) is 1.30. The van der Waals surface area contributed by atoms with E-state index in [-0.39, 0.29) is 5.91 Å². The Labute approximate surface area is 123 Å². The number of hydrogen-bond acceptors (Lipinski definition) is 4. The molecular weight excluding hydrogens is 268 g/mol. The number of nitrogens with one attached hydrogen (secondary N) is 1. The third-order valence-corrected chi connectivity index (χ3v) is 2.86. The minimum atomic E-state index is -0.860. The van der Waals surface area contributed by atoms with Crippen LogP contribution < -0.4 is 5.32 Å². The Balaban J connectivity index is 1.84. The molecule has 0 bridgehead atoms. The van der Waals surface area contributed by atoms with Gasteiger partial charge in [-0.3, -0.25) is 9.78 Å². The summed E-state index contributed by atoms with van der Waals surface area (Å²) in [7, 11) is 0. The molecule has 0 aliphatic rings. The summed E-state index contributed by atoms with van der Waals surface area (Å²) in [6, 6.07) is 12.7. The van der Waals surface area contributed by atoms with Gasteiger partial charge in [0.05, 0.1) is 5.56 Å². The van der Waals surface area contributed by atoms with Crippen molar-refractivity contribution in [3.8, 4) is 0 Å². The molecule has 2 rings (SSSR count). The van der Waals surface area contributed by atoms with Crippen LogP contribution in [0.1, 0.15) is 22.8 Å². The normalized spacial score (nSPS) is 11.5. The number of benzene rings is 1. The molecule has 0 saturated heterocycles. The predicted molar refractivity (Wildman–Crippen MR) is 77.4 cm³/mol. The first-order chi connectivity index (χ1) is 10.2. The van der Waals surface area contributed by atoms with Crippen LogP contribution in [0.4, 0.5) is 0 Å². The van der Waals surface area contributed by atoms with E-state index < -0.39 is 12.1 Å². The predicted octanol–water partition coefficient (Wildman–Crippen LogP) is 1.94. The van der Waals surface area contributed by atoms with Crippen LogP contribution >= 0.6 is 0 Å². The number of carbonyl (C=O) groups is 2. The van der Waals surface area contributed by atoms with E-state index in [0.717, 1.165) is 5.56 Å². The van der Waals surface area contributed by atoms with Gasteiger partial charge < -0.3 is 10.1 Å². The van der Waals surface area contributed by atoms with Crippen molar-refractivity contribution in [1.29, 1.82) is 0 Å². The van der Waals surface area contributed by atoms with Crippen LogP contribution in [0.2, 0.25) is 0 Å². The van der Waals surface area contributed by atoms with Gasteiger partial charge in [-0.15, -0.1) is 0 Å². The van der Waals surface area contributed by atoms with Gasteiger partial charge in [0, 0.05) is 18.9 Å². The maximum Gasteiger partial charge on any atom is 0.340 e. The Bertz CT molecular complexity index is 599. The molecule has 1 amide bonds. The van der Waals surface area contributed by atoms with Crippen molar-refractivity contribution in [3.63, 3.8) is 0 Å². The Kier molecular flexibility index (Phi) is 5.04. The summed E-state index contributed by atoms with van der Waals surface area (Å²) < 4.78 is 5.10. The number of pyridine rings is 1. The van der Waals surface area contributed by atoms with Gasteiger partial charge in [-0.25, -0.2) is 4.79 Å². The fourth-order valence-electron chi connectivity index (χ4n) is 1.69. The highest BCUT2D eigenvalue weighted by atomic mass is 16.5. The van der Waals surface area contributed by atoms with E-state index in [4.69, 9.17) is 4.74 Å². The highest BCUT2D eigenvalue weighted by molar-refractivity contribution is 5.91. The summed E-state index contributed by atoms with van der Waals surface area (Å²) in [5.74, 6) is -0.901. The van der Waals surface area contributed by atoms with Crippen molar-refractivity contribution in [2.75, 3.05) is 0 Å². The number of aromatic nitrogens is 1. The molecule has 5 nitrogen and oxygen atoms in total. The molecule has 1 heterocycles. The number of amides is 1. The molecule has 0 radical (unpaired) electrons. The van der Waals surface area contributed by atoms with Crippen LogP contribution in [0, 0.1) is 0 Å². The molecular formula is C16H16N2O3. The summed E-state index contributed by atoms with van der Waals surface area (Å²) in [6.07, 6.45) is 2.10. The van der Waals surface area contributed by atoms with Gasteiger partial charge >= 0.3 is 5.97 Å². The van der Waals surface area contributed by atoms with Gasteiger partial charge in [-0.2, -0.15) is 0 Å². The molecule has 0 spiro atoms. The molecule has 1 atom stereocenters. The van der Waals surface area contributed by atoms with Gasteiger partial charge in [-0.1, -0.05) is 30.3 Å². The molecule has 0 fully saturated rings. The van der Waals surface area contributed by atoms with Gasteiger partial charge in [0.2, 0.25) is 0 Å². The number of rotatable bonds is 5. The fraction of sp³-hybridized carbons (Fsp3) is 0.188. The second kappa shape index (κ2) is 7.19. The van der Waals surface area contributed by atoms with Crippen LogP contribution in [0.25, 0.3) is 0 Å². The highest BCUT2D eigenvalue weighted by Crippen LogP contribution is 2.03. The van der Waals surface area contributed by atoms with Crippen LogP contribution in [0.5, 0.6) is 0 Å². The Morgan fingerprint density at radius 1 is 1.19 bits per heavy atom. The number of hydrogen-bond donors (Lipinski definition) is 1. The van der Waals surface area contributed by atoms with Crippen molar-refractivity contribution in [3.05, 3.63) is 66.0 Å². The minimum absolute atomic E-state index is 0.320. The van der Waals surface area contributed by atoms with E-state index in [9.17, 15) is 9.59 Å². The molecule has 21 heavy (non-hydrogen) atoms. The minimum Gasteiger partial charge on any atom is -0.449 e. The first-order valence-electron chi connectivity index (χ1n) is 6.59. The molecule has 5 heteroatoms. The molecule has 1 aromatic heterocycles. The van der Waals surface area contributed by atoms with E-state index in [1.807, 2.05) is 30.3 Å². The maximum absolute atomic E-state index is 11.9. The standard InChI is InChI=1S/C16H16N2O3/c1-12(21-16(20)14-8-5-9-17-11-14)15(19)18-10-13-6-3-2-4-7-13/h2-9,11-12H,10H2,1H3,(H,18,19)/t12-/m1/s1. The lowest BCUT2D eigenvalue weighted by molar-refractivity contribution is -0.129. The number of nitrogens with zero attached hydrogens (tertiary/aromatic N) is 1. The van der Waals surface area contributed by atoms with Crippen molar-refractivity contribution in [2.45, 2.75) is 19.6 Å². The number of esters is 1. The lowest BCUT2D eigenvalue weighted by Crippen LogP contribution is -2.35. The third-order valence-electron chi connectivity index (χ3n) is 2.86. The SMILES string of the molecule is C[C@@H](OC(=O)c1cccnc1)C(=O)NCc1ccccc1. The van der Waals surface area contributed by atoms with E-state index in [1.165, 1.54) is 13.1 Å². The van der Waals surface area contributed by atoms with Crippen molar-refractivity contribution in [1.82, 2.24) is 10.3 Å². The molecule has 1 aromatic carbocycles. The van der Waals surface area contributed by atoms with E-state index in [0.29, 0.717) is 12.1 Å². The lowest BCUT2D eigenvalue weighted by Gasteiger charge is -2.13. The zero-order valence-electron chi connectivity index (χ0n) is 11.7. The molecule has 0 aliphatic carbocycles. The Morgan fingerprint density at radius 2 is 1.95 bits per heavy atom. The Hall–Kier alpha value is -2.69. The van der Waals surface area contributed by atoms with Crippen LogP contribution in [-0.4, -0.2) is 23.0 Å². The molecule has 0 saturated carbocycles. The summed E-state index contributed by atoms with van der Waals surface area (Å²) in [4.78, 5) is 27.5. The van der Waals surface area contributed by atoms with Crippen LogP contribution in [0.3, 0.4) is 0 Å². The monoisotopic (exact) mass is 284 g/mol. The lowest BCUT2D eigenvalue weighted by atomic mass is 10.2. The summed E-state index contributed by atoms with van der Waals surface area (Å²) >= 11 is 0. The van der Waals surface area contributed by atoms with Crippen molar-refractivity contribution < 1.29 is 14.3 Å². The van der Waals surface area contributed by atoms with Crippen LogP contribution in [0.15, 0.2) is 54.9 Å². The van der Waals surface area contributed by atoms with Crippen LogP contribution in [-0.2, 0) is 16.1 Å². The van der Waals surface area contributed by atoms with E-state index in [1.54, 1.807) is 18.3 Å². The second-order valence-electron chi connectivity index (χ2n) is 4.49. The molecule has 108 valence electrons. The van der Waals surface area contributed by atoms with E-state index in [2.05, 4.69) is 10.3 Å². The van der Waals surface area contributed by atoms with E-state index >= 15 is 0 Å². The smallest absolute Gasteiger partial charge is 0.340 e. The molecule has 2 aromatic rings.